The summed E-state index contributed by atoms with van der Waals surface area (Å²) < 4.78 is 28.0. The highest BCUT2D eigenvalue weighted by Crippen LogP contribution is 2.33. The maximum absolute atomic E-state index is 12.2. The predicted octanol–water partition coefficient (Wildman–Crippen LogP) is 2.64. The van der Waals surface area contributed by atoms with Crippen LogP contribution in [0.1, 0.15) is 13.8 Å². The van der Waals surface area contributed by atoms with Crippen LogP contribution >= 0.6 is 11.6 Å². The van der Waals surface area contributed by atoms with Gasteiger partial charge < -0.3 is 15.0 Å². The Morgan fingerprint density at radius 1 is 1.29 bits per heavy atom. The van der Waals surface area contributed by atoms with E-state index in [-0.39, 0.29) is 29.6 Å². The third kappa shape index (κ3) is 3.78. The SMILES string of the molecule is CC(C)Oc1ccc(NC(=O)N2CC(C3CS(=O)(=O)C3)C2)cc1Cl. The van der Waals surface area contributed by atoms with E-state index in [0.29, 0.717) is 35.5 Å². The lowest BCUT2D eigenvalue weighted by atomic mass is 9.88. The van der Waals surface area contributed by atoms with Gasteiger partial charge in [0, 0.05) is 18.8 Å². The van der Waals surface area contributed by atoms with Gasteiger partial charge in [0.05, 0.1) is 22.6 Å². The number of benzene rings is 1. The lowest BCUT2D eigenvalue weighted by Crippen LogP contribution is -2.58. The fraction of sp³-hybridized carbons (Fsp3) is 0.562. The summed E-state index contributed by atoms with van der Waals surface area (Å²) in [7, 11) is -2.80. The second kappa shape index (κ2) is 6.44. The average Bonchev–Trinajstić information content (AvgIpc) is 2.37. The van der Waals surface area contributed by atoms with Crippen molar-refractivity contribution < 1.29 is 17.9 Å². The first kappa shape index (κ1) is 17.4. The van der Waals surface area contributed by atoms with E-state index in [2.05, 4.69) is 5.32 Å². The van der Waals surface area contributed by atoms with E-state index >= 15 is 0 Å². The summed E-state index contributed by atoms with van der Waals surface area (Å²) >= 11 is 6.16. The number of hydrogen-bond donors (Lipinski definition) is 1. The van der Waals surface area contributed by atoms with Gasteiger partial charge in [-0.3, -0.25) is 0 Å². The zero-order valence-electron chi connectivity index (χ0n) is 13.7. The minimum absolute atomic E-state index is 0.0243. The highest BCUT2D eigenvalue weighted by atomic mass is 35.5. The molecule has 1 aromatic carbocycles. The van der Waals surface area contributed by atoms with Crippen LogP contribution in [-0.4, -0.2) is 50.0 Å². The third-order valence-electron chi connectivity index (χ3n) is 4.35. The van der Waals surface area contributed by atoms with Gasteiger partial charge >= 0.3 is 6.03 Å². The van der Waals surface area contributed by atoms with Gasteiger partial charge in [0.1, 0.15) is 5.75 Å². The Hall–Kier alpha value is -1.47. The first-order valence-corrected chi connectivity index (χ1v) is 10.2. The molecule has 1 aromatic rings. The maximum atomic E-state index is 12.2. The van der Waals surface area contributed by atoms with Crippen molar-refractivity contribution in [1.29, 1.82) is 0 Å². The molecular weight excluding hydrogens is 352 g/mol. The molecule has 1 N–H and O–H groups in total. The number of nitrogens with one attached hydrogen (secondary N) is 1. The number of carbonyl (C=O) groups is 1. The molecule has 0 bridgehead atoms. The lowest BCUT2D eigenvalue weighted by molar-refractivity contribution is 0.0998. The first-order chi connectivity index (χ1) is 11.2. The van der Waals surface area contributed by atoms with Gasteiger partial charge in [-0.15, -0.1) is 0 Å². The van der Waals surface area contributed by atoms with Crippen molar-refractivity contribution >= 4 is 33.2 Å². The minimum atomic E-state index is -2.80. The molecule has 2 fully saturated rings. The number of halogens is 1. The van der Waals surface area contributed by atoms with Crippen LogP contribution in [0.15, 0.2) is 18.2 Å². The summed E-state index contributed by atoms with van der Waals surface area (Å²) in [6, 6.07) is 4.95. The van der Waals surface area contributed by atoms with Crippen LogP contribution in [0, 0.1) is 11.8 Å². The average molecular weight is 373 g/mol. The van der Waals surface area contributed by atoms with Gasteiger partial charge in [-0.1, -0.05) is 11.6 Å². The van der Waals surface area contributed by atoms with Crippen molar-refractivity contribution in [3.63, 3.8) is 0 Å². The van der Waals surface area contributed by atoms with Gasteiger partial charge in [0.25, 0.3) is 0 Å². The van der Waals surface area contributed by atoms with Crippen molar-refractivity contribution in [3.05, 3.63) is 23.2 Å². The van der Waals surface area contributed by atoms with Crippen LogP contribution in [0.4, 0.5) is 10.5 Å². The second-order valence-electron chi connectivity index (χ2n) is 6.74. The maximum Gasteiger partial charge on any atom is 0.321 e. The van der Waals surface area contributed by atoms with E-state index in [1.165, 1.54) is 0 Å². The monoisotopic (exact) mass is 372 g/mol. The van der Waals surface area contributed by atoms with Gasteiger partial charge in [0.15, 0.2) is 9.84 Å². The molecule has 0 aromatic heterocycles. The van der Waals surface area contributed by atoms with Crippen LogP contribution in [0.3, 0.4) is 0 Å². The molecular formula is C16H21ClN2O4S. The van der Waals surface area contributed by atoms with Gasteiger partial charge in [0.2, 0.25) is 0 Å². The Kier molecular flexibility index (Phi) is 4.66. The largest absolute Gasteiger partial charge is 0.489 e. The number of sulfone groups is 1. The number of urea groups is 1. The zero-order valence-corrected chi connectivity index (χ0v) is 15.2. The van der Waals surface area contributed by atoms with E-state index in [9.17, 15) is 13.2 Å². The Balaban J connectivity index is 1.50. The summed E-state index contributed by atoms with van der Waals surface area (Å²) in [6.07, 6.45) is 0.0243. The molecule has 0 saturated carbocycles. The molecule has 0 aliphatic carbocycles. The Morgan fingerprint density at radius 3 is 2.50 bits per heavy atom. The highest BCUT2D eigenvalue weighted by Gasteiger charge is 2.44. The Labute approximate surface area is 147 Å². The van der Waals surface area contributed by atoms with Crippen molar-refractivity contribution in [2.45, 2.75) is 20.0 Å². The van der Waals surface area contributed by atoms with Crippen LogP contribution in [0.5, 0.6) is 5.75 Å². The minimum Gasteiger partial charge on any atom is -0.489 e. The molecule has 0 atom stereocenters. The smallest absolute Gasteiger partial charge is 0.321 e. The van der Waals surface area contributed by atoms with Gasteiger partial charge in [-0.2, -0.15) is 0 Å². The molecule has 2 heterocycles. The zero-order chi connectivity index (χ0) is 17.5. The summed E-state index contributed by atoms with van der Waals surface area (Å²) in [5.41, 5.74) is 0.607. The summed E-state index contributed by atoms with van der Waals surface area (Å²) in [4.78, 5) is 13.9. The second-order valence-corrected chi connectivity index (χ2v) is 9.31. The van der Waals surface area contributed by atoms with Crippen molar-refractivity contribution in [3.8, 4) is 5.75 Å². The third-order valence-corrected chi connectivity index (χ3v) is 6.51. The van der Waals surface area contributed by atoms with E-state index in [0.717, 1.165) is 0 Å². The van der Waals surface area contributed by atoms with Gasteiger partial charge in [-0.05, 0) is 43.9 Å². The van der Waals surface area contributed by atoms with Crippen LogP contribution in [0.25, 0.3) is 0 Å². The number of likely N-dealkylation sites (tertiary alicyclic amines) is 1. The normalized spacial score (nSPS) is 20.4. The molecule has 2 aliphatic heterocycles. The number of anilines is 1. The number of rotatable bonds is 4. The standard InChI is InChI=1S/C16H21ClN2O4S/c1-10(2)23-15-4-3-13(5-14(15)17)18-16(20)19-6-11(7-19)12-8-24(21,22)9-12/h3-5,10-12H,6-9H2,1-2H3,(H,18,20). The van der Waals surface area contributed by atoms with Crippen molar-refractivity contribution in [1.82, 2.24) is 4.90 Å². The van der Waals surface area contributed by atoms with Crippen molar-refractivity contribution in [2.24, 2.45) is 11.8 Å². The van der Waals surface area contributed by atoms with E-state index in [1.54, 1.807) is 23.1 Å². The number of amides is 2. The highest BCUT2D eigenvalue weighted by molar-refractivity contribution is 7.92. The number of ether oxygens (including phenoxy) is 1. The van der Waals surface area contributed by atoms with Gasteiger partial charge in [-0.25, -0.2) is 13.2 Å². The Morgan fingerprint density at radius 2 is 1.96 bits per heavy atom. The molecule has 0 unspecified atom stereocenters. The van der Waals surface area contributed by atoms with Crippen LogP contribution < -0.4 is 10.1 Å². The first-order valence-electron chi connectivity index (χ1n) is 7.96. The molecule has 8 heteroatoms. The fourth-order valence-corrected chi connectivity index (χ4v) is 4.96. The summed E-state index contributed by atoms with van der Waals surface area (Å²) in [5.74, 6) is 1.62. The molecule has 24 heavy (non-hydrogen) atoms. The molecule has 0 spiro atoms. The quantitative estimate of drug-likeness (QED) is 0.881. The molecule has 0 radical (unpaired) electrons. The molecule has 6 nitrogen and oxygen atoms in total. The summed E-state index contributed by atoms with van der Waals surface area (Å²) in [5, 5.41) is 3.25. The van der Waals surface area contributed by atoms with Crippen LogP contribution in [0.2, 0.25) is 5.02 Å². The molecule has 2 saturated heterocycles. The van der Waals surface area contributed by atoms with Crippen molar-refractivity contribution in [2.75, 3.05) is 29.9 Å². The predicted molar refractivity (Wildman–Crippen MR) is 93.4 cm³/mol. The number of nitrogens with zero attached hydrogens (tertiary/aromatic N) is 1. The van der Waals surface area contributed by atoms with E-state index < -0.39 is 9.84 Å². The Bertz CT molecular complexity index is 732. The van der Waals surface area contributed by atoms with E-state index in [1.807, 2.05) is 13.8 Å². The summed E-state index contributed by atoms with van der Waals surface area (Å²) in [6.45, 7) is 5.04. The topological polar surface area (TPSA) is 75.7 Å². The number of hydrogen-bond acceptors (Lipinski definition) is 4. The fourth-order valence-electron chi connectivity index (χ4n) is 2.98. The molecule has 3 rings (SSSR count). The van der Waals surface area contributed by atoms with Crippen LogP contribution in [-0.2, 0) is 9.84 Å². The molecule has 2 aliphatic rings. The lowest BCUT2D eigenvalue weighted by Gasteiger charge is -2.45. The number of carbonyl (C=O) groups excluding carboxylic acids is 1. The molecule has 2 amide bonds. The molecule has 132 valence electrons. The van der Waals surface area contributed by atoms with E-state index in [4.69, 9.17) is 16.3 Å².